The summed E-state index contributed by atoms with van der Waals surface area (Å²) in [5.41, 5.74) is 4.22. The van der Waals surface area contributed by atoms with Gasteiger partial charge in [-0.2, -0.15) is 0 Å². The molecule has 0 aliphatic carbocycles. The third-order valence-electron chi connectivity index (χ3n) is 3.77. The van der Waals surface area contributed by atoms with Gasteiger partial charge in [-0.05, 0) is 30.0 Å². The molecular formula is C18H20N2O2S. The van der Waals surface area contributed by atoms with E-state index in [-0.39, 0.29) is 5.91 Å². The van der Waals surface area contributed by atoms with Crippen molar-refractivity contribution in [2.75, 3.05) is 20.3 Å². The van der Waals surface area contributed by atoms with Gasteiger partial charge in [-0.25, -0.2) is 0 Å². The van der Waals surface area contributed by atoms with E-state index in [1.165, 1.54) is 11.1 Å². The molecule has 1 N–H and O–H groups in total. The number of carbonyl (C=O) groups is 1. The maximum Gasteiger partial charge on any atom is 0.268 e. The molecule has 0 saturated heterocycles. The van der Waals surface area contributed by atoms with E-state index in [9.17, 15) is 4.79 Å². The summed E-state index contributed by atoms with van der Waals surface area (Å²) in [7, 11) is 1.63. The quantitative estimate of drug-likeness (QED) is 0.705. The SMILES string of the molecule is COCCNC(=O)c1cc2sccc2n1Cc1cccc(C)c1. The number of hydrogen-bond donors (Lipinski definition) is 1. The molecule has 3 rings (SSSR count). The number of methoxy groups -OCH3 is 1. The molecule has 1 amide bonds. The molecule has 0 aliphatic heterocycles. The van der Waals surface area contributed by atoms with Crippen molar-refractivity contribution in [1.82, 2.24) is 9.88 Å². The molecular weight excluding hydrogens is 308 g/mol. The molecule has 2 heterocycles. The van der Waals surface area contributed by atoms with Gasteiger partial charge in [-0.1, -0.05) is 29.8 Å². The van der Waals surface area contributed by atoms with Crippen LogP contribution in [0.15, 0.2) is 41.8 Å². The van der Waals surface area contributed by atoms with E-state index < -0.39 is 0 Å². The first-order valence-electron chi connectivity index (χ1n) is 7.58. The highest BCUT2D eigenvalue weighted by atomic mass is 32.1. The van der Waals surface area contributed by atoms with Gasteiger partial charge in [-0.3, -0.25) is 4.79 Å². The van der Waals surface area contributed by atoms with Crippen LogP contribution in [0.3, 0.4) is 0 Å². The number of aryl methyl sites for hydroxylation is 1. The van der Waals surface area contributed by atoms with Crippen molar-refractivity contribution in [1.29, 1.82) is 0 Å². The van der Waals surface area contributed by atoms with Crippen molar-refractivity contribution >= 4 is 27.5 Å². The van der Waals surface area contributed by atoms with Crippen molar-refractivity contribution < 1.29 is 9.53 Å². The Hall–Kier alpha value is -2.11. The summed E-state index contributed by atoms with van der Waals surface area (Å²) in [6.07, 6.45) is 0. The second-order valence-electron chi connectivity index (χ2n) is 5.52. The Morgan fingerprint density at radius 1 is 1.30 bits per heavy atom. The van der Waals surface area contributed by atoms with Crippen LogP contribution < -0.4 is 5.32 Å². The van der Waals surface area contributed by atoms with Gasteiger partial charge in [0.15, 0.2) is 0 Å². The van der Waals surface area contributed by atoms with Crippen molar-refractivity contribution in [2.45, 2.75) is 13.5 Å². The highest BCUT2D eigenvalue weighted by Gasteiger charge is 2.16. The predicted octanol–water partition coefficient (Wildman–Crippen LogP) is 3.44. The van der Waals surface area contributed by atoms with Crippen LogP contribution in [0.1, 0.15) is 21.6 Å². The fourth-order valence-corrected chi connectivity index (χ4v) is 3.51. The number of thiophene rings is 1. The van der Waals surface area contributed by atoms with E-state index in [4.69, 9.17) is 4.74 Å². The number of ether oxygens (including phenoxy) is 1. The Morgan fingerprint density at radius 3 is 2.96 bits per heavy atom. The maximum absolute atomic E-state index is 12.5. The average molecular weight is 328 g/mol. The number of nitrogens with one attached hydrogen (secondary N) is 1. The van der Waals surface area contributed by atoms with Gasteiger partial charge in [0.05, 0.1) is 16.8 Å². The molecule has 0 unspecified atom stereocenters. The van der Waals surface area contributed by atoms with Crippen LogP contribution in [0.5, 0.6) is 0 Å². The first-order valence-corrected chi connectivity index (χ1v) is 8.46. The molecule has 4 nitrogen and oxygen atoms in total. The van der Waals surface area contributed by atoms with Crippen molar-refractivity contribution in [3.8, 4) is 0 Å². The molecule has 0 atom stereocenters. The third-order valence-corrected chi connectivity index (χ3v) is 4.62. The van der Waals surface area contributed by atoms with E-state index in [2.05, 4.69) is 52.5 Å². The van der Waals surface area contributed by atoms with Gasteiger partial charge in [0.1, 0.15) is 5.69 Å². The molecule has 0 fully saturated rings. The summed E-state index contributed by atoms with van der Waals surface area (Å²) >= 11 is 1.66. The lowest BCUT2D eigenvalue weighted by atomic mass is 10.1. The number of nitrogens with zero attached hydrogens (tertiary/aromatic N) is 1. The minimum absolute atomic E-state index is 0.0573. The van der Waals surface area contributed by atoms with Gasteiger partial charge in [0.25, 0.3) is 5.91 Å². The molecule has 5 heteroatoms. The molecule has 3 aromatic rings. The number of rotatable bonds is 6. The molecule has 1 aromatic carbocycles. The monoisotopic (exact) mass is 328 g/mol. The average Bonchev–Trinajstić information content (AvgIpc) is 3.10. The number of aromatic nitrogens is 1. The Morgan fingerprint density at radius 2 is 2.17 bits per heavy atom. The summed E-state index contributed by atoms with van der Waals surface area (Å²) in [6, 6.07) is 12.4. The summed E-state index contributed by atoms with van der Waals surface area (Å²) in [5, 5.41) is 4.97. The number of fused-ring (bicyclic) bond motifs is 1. The largest absolute Gasteiger partial charge is 0.383 e. The normalized spacial score (nSPS) is 11.0. The van der Waals surface area contributed by atoms with Gasteiger partial charge in [0.2, 0.25) is 0 Å². The fourth-order valence-electron chi connectivity index (χ4n) is 2.69. The number of benzene rings is 1. The number of amides is 1. The fraction of sp³-hybridized carbons (Fsp3) is 0.278. The Bertz CT molecular complexity index is 819. The summed E-state index contributed by atoms with van der Waals surface area (Å²) in [4.78, 5) is 12.5. The van der Waals surface area contributed by atoms with E-state index >= 15 is 0 Å². The van der Waals surface area contributed by atoms with Crippen LogP contribution in [0.2, 0.25) is 0 Å². The molecule has 0 bridgehead atoms. The van der Waals surface area contributed by atoms with Gasteiger partial charge in [0, 0.05) is 20.2 Å². The number of carbonyl (C=O) groups excluding carboxylic acids is 1. The molecule has 0 aliphatic rings. The van der Waals surface area contributed by atoms with Crippen LogP contribution >= 0.6 is 11.3 Å². The lowest BCUT2D eigenvalue weighted by Crippen LogP contribution is -2.29. The van der Waals surface area contributed by atoms with Crippen LogP contribution in [0.4, 0.5) is 0 Å². The second-order valence-corrected chi connectivity index (χ2v) is 6.47. The lowest BCUT2D eigenvalue weighted by Gasteiger charge is -2.11. The van der Waals surface area contributed by atoms with Gasteiger partial charge >= 0.3 is 0 Å². The van der Waals surface area contributed by atoms with Crippen molar-refractivity contribution in [3.63, 3.8) is 0 Å². The summed E-state index contributed by atoms with van der Waals surface area (Å²) in [5.74, 6) is -0.0573. The first-order chi connectivity index (χ1) is 11.2. The summed E-state index contributed by atoms with van der Waals surface area (Å²) < 4.78 is 8.21. The van der Waals surface area contributed by atoms with Gasteiger partial charge < -0.3 is 14.6 Å². The smallest absolute Gasteiger partial charge is 0.268 e. The zero-order chi connectivity index (χ0) is 16.2. The van der Waals surface area contributed by atoms with Crippen molar-refractivity contribution in [3.05, 3.63) is 58.6 Å². The first kappa shape index (κ1) is 15.8. The standard InChI is InChI=1S/C18H20N2O2S/c1-13-4-3-5-14(10-13)12-20-15-6-9-23-17(15)11-16(20)18(21)19-7-8-22-2/h3-6,9-11H,7-8,12H2,1-2H3,(H,19,21). The van der Waals surface area contributed by atoms with E-state index in [1.54, 1.807) is 18.4 Å². The maximum atomic E-state index is 12.5. The molecule has 0 radical (unpaired) electrons. The Kier molecular flexibility index (Phi) is 4.79. The molecule has 23 heavy (non-hydrogen) atoms. The van der Waals surface area contributed by atoms with E-state index in [0.29, 0.717) is 25.4 Å². The van der Waals surface area contributed by atoms with Crippen LogP contribution in [-0.4, -0.2) is 30.7 Å². The topological polar surface area (TPSA) is 43.3 Å². The van der Waals surface area contributed by atoms with E-state index in [1.807, 2.05) is 6.07 Å². The predicted molar refractivity (Wildman–Crippen MR) is 94.3 cm³/mol. The van der Waals surface area contributed by atoms with Crippen LogP contribution in [0, 0.1) is 6.92 Å². The Labute approximate surface area is 139 Å². The molecule has 0 saturated carbocycles. The van der Waals surface area contributed by atoms with Gasteiger partial charge in [-0.15, -0.1) is 11.3 Å². The molecule has 2 aromatic heterocycles. The second kappa shape index (κ2) is 6.98. The zero-order valence-corrected chi connectivity index (χ0v) is 14.2. The van der Waals surface area contributed by atoms with E-state index in [0.717, 1.165) is 10.2 Å². The minimum Gasteiger partial charge on any atom is -0.383 e. The Balaban J connectivity index is 1.92. The minimum atomic E-state index is -0.0573. The lowest BCUT2D eigenvalue weighted by molar-refractivity contribution is 0.0929. The third kappa shape index (κ3) is 3.46. The number of hydrogen-bond acceptors (Lipinski definition) is 3. The van der Waals surface area contributed by atoms with Crippen LogP contribution in [-0.2, 0) is 11.3 Å². The molecule has 0 spiro atoms. The van der Waals surface area contributed by atoms with Crippen molar-refractivity contribution in [2.24, 2.45) is 0 Å². The zero-order valence-electron chi connectivity index (χ0n) is 13.3. The highest BCUT2D eigenvalue weighted by Crippen LogP contribution is 2.26. The summed E-state index contributed by atoms with van der Waals surface area (Å²) in [6.45, 7) is 3.80. The molecule has 120 valence electrons. The highest BCUT2D eigenvalue weighted by molar-refractivity contribution is 7.17. The van der Waals surface area contributed by atoms with Crippen LogP contribution in [0.25, 0.3) is 10.2 Å².